The third kappa shape index (κ3) is 3.77. The van der Waals surface area contributed by atoms with Gasteiger partial charge in [-0.3, -0.25) is 0 Å². The Morgan fingerprint density at radius 1 is 1.46 bits per heavy atom. The highest BCUT2D eigenvalue weighted by Gasteiger charge is 2.27. The molecule has 1 atom stereocenters. The van der Waals surface area contributed by atoms with E-state index >= 15 is 0 Å². The number of amides is 2. The van der Waals surface area contributed by atoms with Crippen LogP contribution in [0.1, 0.15) is 56.5 Å². The monoisotopic (exact) mass is 331 g/mol. The lowest BCUT2D eigenvalue weighted by atomic mass is 9.94. The molecule has 2 aromatic rings. The van der Waals surface area contributed by atoms with Crippen LogP contribution in [0.2, 0.25) is 0 Å². The van der Waals surface area contributed by atoms with E-state index in [4.69, 9.17) is 4.42 Å². The maximum atomic E-state index is 12.9. The van der Waals surface area contributed by atoms with Gasteiger partial charge in [-0.25, -0.2) is 4.79 Å². The second-order valence-corrected chi connectivity index (χ2v) is 6.52. The molecular formula is C17H25N5O2. The number of rotatable bonds is 5. The van der Waals surface area contributed by atoms with Gasteiger partial charge in [-0.2, -0.15) is 0 Å². The Kier molecular flexibility index (Phi) is 5.17. The van der Waals surface area contributed by atoms with Crippen LogP contribution in [0.5, 0.6) is 0 Å². The van der Waals surface area contributed by atoms with E-state index in [9.17, 15) is 4.79 Å². The first-order valence-corrected chi connectivity index (χ1v) is 8.57. The van der Waals surface area contributed by atoms with Gasteiger partial charge in [-0.1, -0.05) is 19.3 Å². The minimum Gasteiger partial charge on any atom is -0.472 e. The van der Waals surface area contributed by atoms with Crippen LogP contribution in [0.4, 0.5) is 4.79 Å². The first-order chi connectivity index (χ1) is 11.6. The molecular weight excluding hydrogens is 306 g/mol. The average Bonchev–Trinajstić information content (AvgIpc) is 3.24. The van der Waals surface area contributed by atoms with Crippen LogP contribution in [0.15, 0.2) is 29.3 Å². The third-order valence-corrected chi connectivity index (χ3v) is 4.68. The molecule has 2 aromatic heterocycles. The maximum absolute atomic E-state index is 12.9. The second kappa shape index (κ2) is 7.51. The number of urea groups is 1. The number of hydrogen-bond donors (Lipinski definition) is 1. The summed E-state index contributed by atoms with van der Waals surface area (Å²) < 4.78 is 6.98. The predicted molar refractivity (Wildman–Crippen MR) is 89.1 cm³/mol. The van der Waals surface area contributed by atoms with E-state index in [1.165, 1.54) is 19.3 Å². The molecule has 24 heavy (non-hydrogen) atoms. The van der Waals surface area contributed by atoms with Crippen LogP contribution in [0.3, 0.4) is 0 Å². The summed E-state index contributed by atoms with van der Waals surface area (Å²) in [7, 11) is 1.88. The number of nitrogens with zero attached hydrogens (tertiary/aromatic N) is 4. The zero-order chi connectivity index (χ0) is 16.9. The van der Waals surface area contributed by atoms with Crippen LogP contribution >= 0.6 is 0 Å². The number of furan rings is 1. The fraction of sp³-hybridized carbons (Fsp3) is 0.588. The number of hydrogen-bond acceptors (Lipinski definition) is 4. The minimum absolute atomic E-state index is 0.0569. The smallest absolute Gasteiger partial charge is 0.318 e. The van der Waals surface area contributed by atoms with Crippen LogP contribution in [-0.4, -0.2) is 31.7 Å². The van der Waals surface area contributed by atoms with E-state index in [-0.39, 0.29) is 18.1 Å². The molecule has 7 heteroatoms. The van der Waals surface area contributed by atoms with Gasteiger partial charge < -0.3 is 19.2 Å². The zero-order valence-corrected chi connectivity index (χ0v) is 14.3. The molecule has 0 spiro atoms. The molecule has 0 bridgehead atoms. The second-order valence-electron chi connectivity index (χ2n) is 6.52. The third-order valence-electron chi connectivity index (χ3n) is 4.68. The summed E-state index contributed by atoms with van der Waals surface area (Å²) in [5, 5.41) is 11.0. The van der Waals surface area contributed by atoms with Crippen molar-refractivity contribution in [3.8, 4) is 0 Å². The van der Waals surface area contributed by atoms with Crippen molar-refractivity contribution in [2.45, 2.75) is 57.7 Å². The van der Waals surface area contributed by atoms with Crippen molar-refractivity contribution in [3.63, 3.8) is 0 Å². The van der Waals surface area contributed by atoms with Gasteiger partial charge in [-0.05, 0) is 25.8 Å². The molecule has 0 aliphatic heterocycles. The van der Waals surface area contributed by atoms with Crippen LogP contribution < -0.4 is 5.32 Å². The number of aromatic nitrogens is 3. The minimum atomic E-state index is -0.194. The molecule has 1 N–H and O–H groups in total. The van der Waals surface area contributed by atoms with Gasteiger partial charge >= 0.3 is 6.03 Å². The quantitative estimate of drug-likeness (QED) is 0.914. The van der Waals surface area contributed by atoms with Crippen molar-refractivity contribution in [1.29, 1.82) is 0 Å². The summed E-state index contributed by atoms with van der Waals surface area (Å²) in [4.78, 5) is 14.9. The highest BCUT2D eigenvalue weighted by molar-refractivity contribution is 5.75. The normalized spacial score (nSPS) is 16.8. The molecule has 0 radical (unpaired) electrons. The molecule has 3 rings (SSSR count). The topological polar surface area (TPSA) is 76.2 Å². The molecule has 1 fully saturated rings. The summed E-state index contributed by atoms with van der Waals surface area (Å²) in [5.74, 6) is 0.746. The predicted octanol–water partition coefficient (Wildman–Crippen LogP) is 3.01. The fourth-order valence-electron chi connectivity index (χ4n) is 3.36. The van der Waals surface area contributed by atoms with Crippen molar-refractivity contribution in [1.82, 2.24) is 25.0 Å². The van der Waals surface area contributed by atoms with Gasteiger partial charge in [0.05, 0.1) is 25.1 Å². The van der Waals surface area contributed by atoms with Crippen molar-refractivity contribution < 1.29 is 9.21 Å². The van der Waals surface area contributed by atoms with Crippen LogP contribution in [0, 0.1) is 0 Å². The summed E-state index contributed by atoms with van der Waals surface area (Å²) in [5.41, 5.74) is 1.02. The molecule has 1 unspecified atom stereocenters. The van der Waals surface area contributed by atoms with Gasteiger partial charge in [0.15, 0.2) is 5.82 Å². The summed E-state index contributed by atoms with van der Waals surface area (Å²) >= 11 is 0. The molecule has 7 nitrogen and oxygen atoms in total. The van der Waals surface area contributed by atoms with Gasteiger partial charge in [0, 0.05) is 18.7 Å². The summed E-state index contributed by atoms with van der Waals surface area (Å²) in [6.07, 6.45) is 10.7. The van der Waals surface area contributed by atoms with E-state index in [0.29, 0.717) is 6.54 Å². The molecule has 1 aliphatic rings. The Bertz CT molecular complexity index is 646. The number of carbonyl (C=O) groups excluding carboxylic acids is 1. The maximum Gasteiger partial charge on any atom is 0.318 e. The number of carbonyl (C=O) groups is 1. The van der Waals surface area contributed by atoms with E-state index in [2.05, 4.69) is 15.5 Å². The average molecular weight is 331 g/mol. The van der Waals surface area contributed by atoms with Gasteiger partial charge in [-0.15, -0.1) is 10.2 Å². The lowest BCUT2D eigenvalue weighted by Crippen LogP contribution is -2.47. The highest BCUT2D eigenvalue weighted by atomic mass is 16.3. The van der Waals surface area contributed by atoms with E-state index in [1.54, 1.807) is 18.9 Å². The standard InChI is InChI=1S/C17H25N5O2/c1-13(16-20-18-12-21(16)2)19-17(23)22(10-14-8-9-24-11-14)15-6-4-3-5-7-15/h8-9,11-13,15H,3-7,10H2,1-2H3,(H,19,23). The highest BCUT2D eigenvalue weighted by Crippen LogP contribution is 2.25. The van der Waals surface area contributed by atoms with Crippen molar-refractivity contribution in [2.24, 2.45) is 7.05 Å². The van der Waals surface area contributed by atoms with E-state index in [0.717, 1.165) is 24.2 Å². The van der Waals surface area contributed by atoms with Crippen molar-refractivity contribution in [3.05, 3.63) is 36.3 Å². The first kappa shape index (κ1) is 16.5. The molecule has 0 aromatic carbocycles. The van der Waals surface area contributed by atoms with Gasteiger partial charge in [0.2, 0.25) is 0 Å². The Morgan fingerprint density at radius 3 is 2.88 bits per heavy atom. The Hall–Kier alpha value is -2.31. The SMILES string of the molecule is CC(NC(=O)N(Cc1ccoc1)C1CCCCC1)c1nncn1C. The molecule has 0 saturated heterocycles. The fourth-order valence-corrected chi connectivity index (χ4v) is 3.36. The van der Waals surface area contributed by atoms with Crippen molar-refractivity contribution in [2.75, 3.05) is 0 Å². The molecule has 2 amide bonds. The van der Waals surface area contributed by atoms with E-state index in [1.807, 2.05) is 29.5 Å². The lowest BCUT2D eigenvalue weighted by Gasteiger charge is -2.35. The Balaban J connectivity index is 1.71. The van der Waals surface area contributed by atoms with Gasteiger partial charge in [0.1, 0.15) is 6.33 Å². The van der Waals surface area contributed by atoms with Crippen LogP contribution in [-0.2, 0) is 13.6 Å². The van der Waals surface area contributed by atoms with Gasteiger partial charge in [0.25, 0.3) is 0 Å². The first-order valence-electron chi connectivity index (χ1n) is 8.57. The summed E-state index contributed by atoms with van der Waals surface area (Å²) in [6.45, 7) is 2.50. The number of aryl methyl sites for hydroxylation is 1. The molecule has 1 saturated carbocycles. The molecule has 130 valence electrons. The lowest BCUT2D eigenvalue weighted by molar-refractivity contribution is 0.148. The van der Waals surface area contributed by atoms with Crippen molar-refractivity contribution >= 4 is 6.03 Å². The Morgan fingerprint density at radius 2 is 2.25 bits per heavy atom. The number of nitrogens with one attached hydrogen (secondary N) is 1. The molecule has 2 heterocycles. The molecule has 1 aliphatic carbocycles. The largest absolute Gasteiger partial charge is 0.472 e. The van der Waals surface area contributed by atoms with Crippen LogP contribution in [0.25, 0.3) is 0 Å². The summed E-state index contributed by atoms with van der Waals surface area (Å²) in [6, 6.07) is 1.94. The zero-order valence-electron chi connectivity index (χ0n) is 14.3. The Labute approximate surface area is 142 Å². The van der Waals surface area contributed by atoms with E-state index < -0.39 is 0 Å².